The number of esters is 1. The van der Waals surface area contributed by atoms with Gasteiger partial charge in [-0.15, -0.1) is 11.3 Å². The van der Waals surface area contributed by atoms with E-state index in [4.69, 9.17) is 9.47 Å². The maximum absolute atomic E-state index is 10.9. The number of rotatable bonds is 6. The third-order valence-corrected chi connectivity index (χ3v) is 2.26. The Morgan fingerprint density at radius 3 is 3.07 bits per heavy atom. The van der Waals surface area contributed by atoms with Crippen LogP contribution in [0.4, 0.5) is 0 Å². The molecule has 1 aromatic rings. The van der Waals surface area contributed by atoms with Gasteiger partial charge < -0.3 is 9.47 Å². The molecule has 0 aromatic carbocycles. The van der Waals surface area contributed by atoms with Crippen LogP contribution >= 0.6 is 11.3 Å². The minimum Gasteiger partial charge on any atom is -0.493 e. The number of hydrogen-bond acceptors (Lipinski definition) is 4. The number of hydrogen-bond donors (Lipinski definition) is 0. The van der Waals surface area contributed by atoms with Crippen molar-refractivity contribution in [1.29, 1.82) is 0 Å². The van der Waals surface area contributed by atoms with Gasteiger partial charge in [0.25, 0.3) is 0 Å². The van der Waals surface area contributed by atoms with Crippen molar-refractivity contribution in [1.82, 2.24) is 0 Å². The summed E-state index contributed by atoms with van der Waals surface area (Å²) in [5.41, 5.74) is 0. The first kappa shape index (κ1) is 11.0. The Hall–Kier alpha value is -1.03. The first-order valence-corrected chi connectivity index (χ1v) is 5.58. The van der Waals surface area contributed by atoms with Gasteiger partial charge in [0, 0.05) is 11.8 Å². The lowest BCUT2D eigenvalue weighted by molar-refractivity contribution is -0.143. The van der Waals surface area contributed by atoms with Crippen molar-refractivity contribution in [2.45, 2.75) is 19.8 Å². The van der Waals surface area contributed by atoms with E-state index in [0.717, 1.165) is 5.75 Å². The third-order valence-electron chi connectivity index (χ3n) is 1.59. The van der Waals surface area contributed by atoms with Gasteiger partial charge in [0.05, 0.1) is 13.2 Å². The van der Waals surface area contributed by atoms with Crippen molar-refractivity contribution in [3.05, 3.63) is 16.8 Å². The van der Waals surface area contributed by atoms with E-state index in [0.29, 0.717) is 26.1 Å². The van der Waals surface area contributed by atoms with Crippen LogP contribution in [0.2, 0.25) is 0 Å². The zero-order valence-corrected chi connectivity index (χ0v) is 9.01. The van der Waals surface area contributed by atoms with Crippen LogP contribution < -0.4 is 4.74 Å². The molecule has 0 spiro atoms. The second-order valence-corrected chi connectivity index (χ2v) is 3.50. The highest BCUT2D eigenvalue weighted by Crippen LogP contribution is 2.14. The van der Waals surface area contributed by atoms with Gasteiger partial charge in [-0.25, -0.2) is 0 Å². The summed E-state index contributed by atoms with van der Waals surface area (Å²) in [6.45, 7) is 2.82. The molecule has 0 aliphatic heterocycles. The molecule has 0 saturated heterocycles. The van der Waals surface area contributed by atoms with Crippen LogP contribution in [0, 0.1) is 0 Å². The lowest BCUT2D eigenvalue weighted by atomic mass is 10.3. The average Bonchev–Trinajstić information content (AvgIpc) is 2.65. The molecule has 1 heterocycles. The molecule has 0 aliphatic carbocycles. The Morgan fingerprint density at radius 2 is 2.43 bits per heavy atom. The van der Waals surface area contributed by atoms with E-state index in [1.165, 1.54) is 0 Å². The Bertz CT molecular complexity index is 256. The highest BCUT2D eigenvalue weighted by molar-refractivity contribution is 7.08. The van der Waals surface area contributed by atoms with Gasteiger partial charge in [-0.1, -0.05) is 0 Å². The predicted molar refractivity (Wildman–Crippen MR) is 55.7 cm³/mol. The highest BCUT2D eigenvalue weighted by atomic mass is 32.1. The van der Waals surface area contributed by atoms with Gasteiger partial charge >= 0.3 is 5.97 Å². The molecule has 0 unspecified atom stereocenters. The fourth-order valence-corrected chi connectivity index (χ4v) is 1.55. The molecule has 0 fully saturated rings. The normalized spacial score (nSPS) is 9.79. The average molecular weight is 214 g/mol. The Kier molecular flexibility index (Phi) is 5.07. The summed E-state index contributed by atoms with van der Waals surface area (Å²) in [6, 6.07) is 1.91. The van der Waals surface area contributed by atoms with E-state index in [1.807, 2.05) is 16.8 Å². The maximum atomic E-state index is 10.9. The molecule has 1 aromatic heterocycles. The van der Waals surface area contributed by atoms with Crippen molar-refractivity contribution in [2.24, 2.45) is 0 Å². The van der Waals surface area contributed by atoms with Crippen LogP contribution in [0.15, 0.2) is 16.8 Å². The molecule has 14 heavy (non-hydrogen) atoms. The molecule has 3 nitrogen and oxygen atoms in total. The topological polar surface area (TPSA) is 35.5 Å². The molecule has 1 rings (SSSR count). The molecule has 0 atom stereocenters. The predicted octanol–water partition coefficient (Wildman–Crippen LogP) is 2.47. The number of carbonyl (C=O) groups excluding carboxylic acids is 1. The molecular weight excluding hydrogens is 200 g/mol. The van der Waals surface area contributed by atoms with Crippen LogP contribution in [-0.2, 0) is 9.53 Å². The fraction of sp³-hybridized carbons (Fsp3) is 0.500. The van der Waals surface area contributed by atoms with Gasteiger partial charge in [-0.2, -0.15) is 0 Å². The first-order chi connectivity index (χ1) is 6.83. The summed E-state index contributed by atoms with van der Waals surface area (Å²) in [5, 5.41) is 3.89. The van der Waals surface area contributed by atoms with Gasteiger partial charge in [-0.3, -0.25) is 4.79 Å². The maximum Gasteiger partial charge on any atom is 0.305 e. The standard InChI is InChI=1S/C10H14O3S/c1-2-12-10(11)4-3-6-13-9-5-7-14-8-9/h5,7-8H,2-4,6H2,1H3. The second kappa shape index (κ2) is 6.43. The zero-order chi connectivity index (χ0) is 10.2. The summed E-state index contributed by atoms with van der Waals surface area (Å²) in [4.78, 5) is 10.9. The van der Waals surface area contributed by atoms with E-state index in [9.17, 15) is 4.79 Å². The summed E-state index contributed by atoms with van der Waals surface area (Å²) >= 11 is 1.60. The second-order valence-electron chi connectivity index (χ2n) is 2.72. The Morgan fingerprint density at radius 1 is 1.57 bits per heavy atom. The van der Waals surface area contributed by atoms with E-state index in [1.54, 1.807) is 18.3 Å². The molecular formula is C10H14O3S. The SMILES string of the molecule is CCOC(=O)CCCOc1ccsc1. The van der Waals surface area contributed by atoms with Crippen LogP contribution in [0.25, 0.3) is 0 Å². The van der Waals surface area contributed by atoms with E-state index < -0.39 is 0 Å². The zero-order valence-electron chi connectivity index (χ0n) is 8.19. The summed E-state index contributed by atoms with van der Waals surface area (Å²) in [6.07, 6.45) is 1.13. The van der Waals surface area contributed by atoms with Crippen molar-refractivity contribution in [3.63, 3.8) is 0 Å². The fourth-order valence-electron chi connectivity index (χ4n) is 0.974. The van der Waals surface area contributed by atoms with E-state index in [2.05, 4.69) is 0 Å². The van der Waals surface area contributed by atoms with Crippen molar-refractivity contribution in [2.75, 3.05) is 13.2 Å². The summed E-state index contributed by atoms with van der Waals surface area (Å²) in [5.74, 6) is 0.722. The number of carbonyl (C=O) groups is 1. The smallest absolute Gasteiger partial charge is 0.305 e. The Balaban J connectivity index is 2.02. The summed E-state index contributed by atoms with van der Waals surface area (Å²) < 4.78 is 10.2. The number of thiophene rings is 1. The van der Waals surface area contributed by atoms with Crippen molar-refractivity contribution < 1.29 is 14.3 Å². The summed E-state index contributed by atoms with van der Waals surface area (Å²) in [7, 11) is 0. The number of ether oxygens (including phenoxy) is 2. The molecule has 0 N–H and O–H groups in total. The molecule has 0 saturated carbocycles. The third kappa shape index (κ3) is 4.28. The van der Waals surface area contributed by atoms with Crippen LogP contribution in [-0.4, -0.2) is 19.2 Å². The molecule has 78 valence electrons. The van der Waals surface area contributed by atoms with Crippen LogP contribution in [0.5, 0.6) is 5.75 Å². The van der Waals surface area contributed by atoms with Gasteiger partial charge in [0.2, 0.25) is 0 Å². The molecule has 0 amide bonds. The van der Waals surface area contributed by atoms with Crippen molar-refractivity contribution >= 4 is 17.3 Å². The van der Waals surface area contributed by atoms with Gasteiger partial charge in [0.1, 0.15) is 5.75 Å². The van der Waals surface area contributed by atoms with Crippen LogP contribution in [0.1, 0.15) is 19.8 Å². The quantitative estimate of drug-likeness (QED) is 0.539. The monoisotopic (exact) mass is 214 g/mol. The van der Waals surface area contributed by atoms with Gasteiger partial charge in [0.15, 0.2) is 0 Å². The molecule has 0 radical (unpaired) electrons. The van der Waals surface area contributed by atoms with E-state index >= 15 is 0 Å². The van der Waals surface area contributed by atoms with Crippen LogP contribution in [0.3, 0.4) is 0 Å². The molecule has 4 heteroatoms. The largest absolute Gasteiger partial charge is 0.493 e. The molecule has 0 bridgehead atoms. The minimum atomic E-state index is -0.151. The van der Waals surface area contributed by atoms with E-state index in [-0.39, 0.29) is 5.97 Å². The van der Waals surface area contributed by atoms with Crippen molar-refractivity contribution in [3.8, 4) is 5.75 Å². The first-order valence-electron chi connectivity index (χ1n) is 4.63. The minimum absolute atomic E-state index is 0.151. The Labute approximate surface area is 87.7 Å². The molecule has 0 aliphatic rings. The lowest BCUT2D eigenvalue weighted by Crippen LogP contribution is -2.06. The van der Waals surface area contributed by atoms with Gasteiger partial charge in [-0.05, 0) is 24.8 Å². The lowest BCUT2D eigenvalue weighted by Gasteiger charge is -2.03. The highest BCUT2D eigenvalue weighted by Gasteiger charge is 2.01.